The predicted octanol–water partition coefficient (Wildman–Crippen LogP) is 2.96. The summed E-state index contributed by atoms with van der Waals surface area (Å²) in [5.41, 5.74) is 1.63. The molecule has 6 heteroatoms. The Morgan fingerprint density at radius 1 is 1.27 bits per heavy atom. The topological polar surface area (TPSA) is 60.9 Å². The van der Waals surface area contributed by atoms with Gasteiger partial charge in [-0.2, -0.15) is 0 Å². The van der Waals surface area contributed by atoms with Gasteiger partial charge in [-0.05, 0) is 50.2 Å². The Hall–Kier alpha value is -1.59. The molecule has 4 rings (SSSR count). The first-order valence-electron chi connectivity index (χ1n) is 9.40. The van der Waals surface area contributed by atoms with E-state index in [1.54, 1.807) is 0 Å². The summed E-state index contributed by atoms with van der Waals surface area (Å²) < 4.78 is 0. The molecular weight excluding hydrogens is 352 g/mol. The summed E-state index contributed by atoms with van der Waals surface area (Å²) >= 11 is 0. The number of hydrogen-bond donors (Lipinski definition) is 1. The molecular formula is C20H27ClN2O3. The Balaban J connectivity index is 0.00000196. The number of hydrogen-bond acceptors (Lipinski definition) is 3. The highest BCUT2D eigenvalue weighted by atomic mass is 35.5. The highest BCUT2D eigenvalue weighted by Gasteiger charge is 2.56. The lowest BCUT2D eigenvalue weighted by atomic mass is 9.81. The van der Waals surface area contributed by atoms with Gasteiger partial charge in [0.15, 0.2) is 0 Å². The number of carboxylic acids is 1. The van der Waals surface area contributed by atoms with Crippen LogP contribution in [0.2, 0.25) is 0 Å². The average Bonchev–Trinajstić information content (AvgIpc) is 3.18. The molecule has 26 heavy (non-hydrogen) atoms. The van der Waals surface area contributed by atoms with E-state index in [9.17, 15) is 14.7 Å². The fraction of sp³-hybridized carbons (Fsp3) is 0.600. The number of anilines is 1. The van der Waals surface area contributed by atoms with E-state index in [1.165, 1.54) is 5.56 Å². The molecule has 2 aliphatic heterocycles. The Morgan fingerprint density at radius 2 is 2.04 bits per heavy atom. The van der Waals surface area contributed by atoms with Crippen LogP contribution in [-0.2, 0) is 16.0 Å². The summed E-state index contributed by atoms with van der Waals surface area (Å²) in [5, 5.41) is 9.77. The molecule has 1 aliphatic carbocycles. The number of nitrogens with zero attached hydrogens (tertiary/aromatic N) is 2. The van der Waals surface area contributed by atoms with E-state index in [0.717, 1.165) is 50.9 Å². The van der Waals surface area contributed by atoms with Gasteiger partial charge < -0.3 is 10.0 Å². The zero-order chi connectivity index (χ0) is 17.6. The van der Waals surface area contributed by atoms with Crippen molar-refractivity contribution in [3.63, 3.8) is 0 Å². The van der Waals surface area contributed by atoms with Gasteiger partial charge in [-0.25, -0.2) is 0 Å². The molecule has 0 bridgehead atoms. The lowest BCUT2D eigenvalue weighted by Gasteiger charge is -2.34. The molecule has 1 aromatic rings. The van der Waals surface area contributed by atoms with E-state index in [2.05, 4.69) is 11.0 Å². The number of benzene rings is 1. The fourth-order valence-corrected chi connectivity index (χ4v) is 5.12. The fourth-order valence-electron chi connectivity index (χ4n) is 5.12. The van der Waals surface area contributed by atoms with Crippen LogP contribution in [0.5, 0.6) is 0 Å². The average molecular weight is 379 g/mol. The maximum Gasteiger partial charge on any atom is 0.311 e. The van der Waals surface area contributed by atoms with Crippen molar-refractivity contribution in [2.24, 2.45) is 11.3 Å². The van der Waals surface area contributed by atoms with E-state index in [1.807, 2.05) is 30.0 Å². The number of amides is 1. The molecule has 5 nitrogen and oxygen atoms in total. The van der Waals surface area contributed by atoms with Crippen LogP contribution >= 0.6 is 12.4 Å². The normalized spacial score (nSPS) is 28.8. The van der Waals surface area contributed by atoms with Gasteiger partial charge >= 0.3 is 5.97 Å². The maximum atomic E-state index is 13.2. The molecule has 1 unspecified atom stereocenters. The van der Waals surface area contributed by atoms with Crippen LogP contribution in [-0.4, -0.2) is 47.6 Å². The summed E-state index contributed by atoms with van der Waals surface area (Å²) in [6.07, 6.45) is 4.71. The zero-order valence-corrected chi connectivity index (χ0v) is 16.0. The van der Waals surface area contributed by atoms with E-state index < -0.39 is 11.4 Å². The Bertz CT molecular complexity index is 710. The third kappa shape index (κ3) is 2.91. The van der Waals surface area contributed by atoms with Gasteiger partial charge in [-0.3, -0.25) is 14.5 Å². The Kier molecular flexibility index (Phi) is 5.31. The minimum Gasteiger partial charge on any atom is -0.481 e. The van der Waals surface area contributed by atoms with Gasteiger partial charge in [0.1, 0.15) is 0 Å². The standard InChI is InChI=1S/C20H26N2O3.ClH/c1-14(21-12-16-8-4-10-20(16,13-21)19(24)25)18(23)22-11-5-7-15-6-2-3-9-17(15)22;/h2-3,6,9,14,16H,4-5,7-8,10-13H2,1H3,(H,24,25);1H/t14?,16-,20+;/m0./s1. The number of carbonyl (C=O) groups excluding carboxylic acids is 1. The first-order chi connectivity index (χ1) is 12.0. The number of aliphatic carboxylic acids is 1. The minimum atomic E-state index is -0.680. The summed E-state index contributed by atoms with van der Waals surface area (Å²) in [6, 6.07) is 7.85. The van der Waals surface area contributed by atoms with Crippen LogP contribution in [0.4, 0.5) is 5.69 Å². The molecule has 1 amide bonds. The quantitative estimate of drug-likeness (QED) is 0.878. The predicted molar refractivity (Wildman–Crippen MR) is 103 cm³/mol. The van der Waals surface area contributed by atoms with Gasteiger partial charge in [0.05, 0.1) is 11.5 Å². The number of carbonyl (C=O) groups is 2. The highest BCUT2D eigenvalue weighted by Crippen LogP contribution is 2.49. The van der Waals surface area contributed by atoms with Crippen LogP contribution in [0, 0.1) is 11.3 Å². The smallest absolute Gasteiger partial charge is 0.311 e. The number of likely N-dealkylation sites (tertiary alicyclic amines) is 1. The molecule has 0 aromatic heterocycles. The molecule has 2 heterocycles. The molecule has 3 aliphatic rings. The summed E-state index contributed by atoms with van der Waals surface area (Å²) in [4.78, 5) is 29.1. The van der Waals surface area contributed by atoms with E-state index >= 15 is 0 Å². The number of carboxylic acid groups (broad SMARTS) is 1. The molecule has 3 atom stereocenters. The third-order valence-electron chi connectivity index (χ3n) is 6.60. The summed E-state index contributed by atoms with van der Waals surface area (Å²) in [5.74, 6) is -0.387. The number of rotatable bonds is 3. The van der Waals surface area contributed by atoms with Crippen molar-refractivity contribution < 1.29 is 14.7 Å². The van der Waals surface area contributed by atoms with Crippen LogP contribution < -0.4 is 4.90 Å². The molecule has 2 fully saturated rings. The largest absolute Gasteiger partial charge is 0.481 e. The summed E-state index contributed by atoms with van der Waals surface area (Å²) in [7, 11) is 0. The maximum absolute atomic E-state index is 13.2. The number of fused-ring (bicyclic) bond motifs is 2. The second-order valence-electron chi connectivity index (χ2n) is 7.88. The van der Waals surface area contributed by atoms with Crippen molar-refractivity contribution in [2.75, 3.05) is 24.5 Å². The molecule has 142 valence electrons. The highest BCUT2D eigenvalue weighted by molar-refractivity contribution is 5.98. The molecule has 1 aromatic carbocycles. The lowest BCUT2D eigenvalue weighted by molar-refractivity contribution is -0.149. The van der Waals surface area contributed by atoms with Crippen molar-refractivity contribution in [3.8, 4) is 0 Å². The van der Waals surface area contributed by atoms with Gasteiger partial charge in [0.25, 0.3) is 0 Å². The van der Waals surface area contributed by atoms with Crippen molar-refractivity contribution >= 4 is 30.0 Å². The van der Waals surface area contributed by atoms with Crippen molar-refractivity contribution in [1.82, 2.24) is 4.90 Å². The van der Waals surface area contributed by atoms with Crippen molar-refractivity contribution in [3.05, 3.63) is 29.8 Å². The molecule has 1 N–H and O–H groups in total. The Labute approximate surface area is 160 Å². The zero-order valence-electron chi connectivity index (χ0n) is 15.2. The lowest BCUT2D eigenvalue weighted by Crippen LogP contribution is -2.49. The van der Waals surface area contributed by atoms with Crippen LogP contribution in [0.25, 0.3) is 0 Å². The number of para-hydroxylation sites is 1. The van der Waals surface area contributed by atoms with Crippen LogP contribution in [0.15, 0.2) is 24.3 Å². The minimum absolute atomic E-state index is 0. The molecule has 0 radical (unpaired) electrons. The van der Waals surface area contributed by atoms with E-state index in [-0.39, 0.29) is 30.3 Å². The van der Waals surface area contributed by atoms with Crippen LogP contribution in [0.1, 0.15) is 38.2 Å². The monoisotopic (exact) mass is 378 g/mol. The third-order valence-corrected chi connectivity index (χ3v) is 6.60. The number of halogens is 1. The van der Waals surface area contributed by atoms with Crippen molar-refractivity contribution in [1.29, 1.82) is 0 Å². The van der Waals surface area contributed by atoms with Gasteiger partial charge in [-0.1, -0.05) is 24.6 Å². The van der Waals surface area contributed by atoms with E-state index in [0.29, 0.717) is 6.54 Å². The SMILES string of the molecule is CC(C(=O)N1CCCc2ccccc21)N1C[C@@H]2CCC[C@@]2(C(=O)O)C1.Cl. The van der Waals surface area contributed by atoms with Crippen molar-refractivity contribution in [2.45, 2.75) is 45.1 Å². The molecule has 1 saturated heterocycles. The van der Waals surface area contributed by atoms with Gasteiger partial charge in [-0.15, -0.1) is 12.4 Å². The Morgan fingerprint density at radius 3 is 2.77 bits per heavy atom. The molecule has 1 saturated carbocycles. The second kappa shape index (κ2) is 7.20. The number of aryl methyl sites for hydroxylation is 1. The van der Waals surface area contributed by atoms with Gasteiger partial charge in [0, 0.05) is 25.3 Å². The first-order valence-corrected chi connectivity index (χ1v) is 9.40. The van der Waals surface area contributed by atoms with Gasteiger partial charge in [0.2, 0.25) is 5.91 Å². The second-order valence-corrected chi connectivity index (χ2v) is 7.88. The van der Waals surface area contributed by atoms with Crippen LogP contribution in [0.3, 0.4) is 0 Å². The van der Waals surface area contributed by atoms with E-state index in [4.69, 9.17) is 0 Å². The summed E-state index contributed by atoms with van der Waals surface area (Å²) in [6.45, 7) is 3.93. The molecule has 0 spiro atoms. The first kappa shape index (κ1) is 19.2.